The van der Waals surface area contributed by atoms with Gasteiger partial charge >= 0.3 is 0 Å². The van der Waals surface area contributed by atoms with E-state index in [1.807, 2.05) is 0 Å². The molecule has 0 aromatic carbocycles. The van der Waals surface area contributed by atoms with Crippen LogP contribution in [0.25, 0.3) is 11.3 Å². The highest BCUT2D eigenvalue weighted by atomic mass is 16.1. The predicted octanol–water partition coefficient (Wildman–Crippen LogP) is -0.0180. The van der Waals surface area contributed by atoms with Gasteiger partial charge in [0.1, 0.15) is 18.4 Å². The standard InChI is InChI=1S/C12H9N7O/c20-11-9-3-1-5-17(9)8-14-19(11)7-10-15-12-13-4-2-6-18(12)16-10/h1-6,8H,7H2. The van der Waals surface area contributed by atoms with Gasteiger partial charge in [-0.3, -0.25) is 4.79 Å². The first kappa shape index (κ1) is 10.9. The Morgan fingerprint density at radius 3 is 3.05 bits per heavy atom. The first-order valence-corrected chi connectivity index (χ1v) is 6.00. The highest BCUT2D eigenvalue weighted by molar-refractivity contribution is 5.44. The lowest BCUT2D eigenvalue weighted by Crippen LogP contribution is -2.25. The van der Waals surface area contributed by atoms with Gasteiger partial charge in [-0.1, -0.05) is 0 Å². The van der Waals surface area contributed by atoms with E-state index in [-0.39, 0.29) is 12.1 Å². The maximum Gasteiger partial charge on any atom is 0.291 e. The van der Waals surface area contributed by atoms with E-state index in [2.05, 4.69) is 20.2 Å². The topological polar surface area (TPSA) is 82.4 Å². The Kier molecular flexibility index (Phi) is 2.16. The van der Waals surface area contributed by atoms with Crippen molar-refractivity contribution >= 4 is 11.3 Å². The van der Waals surface area contributed by atoms with Crippen LogP contribution in [0.3, 0.4) is 0 Å². The first-order chi connectivity index (χ1) is 9.81. The van der Waals surface area contributed by atoms with Crippen molar-refractivity contribution in [2.45, 2.75) is 6.54 Å². The number of hydrogen-bond donors (Lipinski definition) is 0. The molecule has 0 aliphatic heterocycles. The maximum atomic E-state index is 12.2. The summed E-state index contributed by atoms with van der Waals surface area (Å²) < 4.78 is 4.58. The Balaban J connectivity index is 1.80. The second-order valence-electron chi connectivity index (χ2n) is 4.29. The van der Waals surface area contributed by atoms with Crippen molar-refractivity contribution in [3.8, 4) is 0 Å². The van der Waals surface area contributed by atoms with Crippen molar-refractivity contribution in [1.29, 1.82) is 0 Å². The number of fused-ring (bicyclic) bond motifs is 2. The fourth-order valence-corrected chi connectivity index (χ4v) is 2.07. The average Bonchev–Trinajstić information content (AvgIpc) is 3.08. The minimum absolute atomic E-state index is 0.177. The second kappa shape index (κ2) is 3.98. The van der Waals surface area contributed by atoms with Gasteiger partial charge in [0.2, 0.25) is 0 Å². The van der Waals surface area contributed by atoms with Crippen LogP contribution < -0.4 is 5.56 Å². The van der Waals surface area contributed by atoms with E-state index < -0.39 is 0 Å². The van der Waals surface area contributed by atoms with E-state index in [1.54, 1.807) is 52.0 Å². The van der Waals surface area contributed by atoms with Crippen molar-refractivity contribution in [3.05, 3.63) is 59.3 Å². The number of rotatable bonds is 2. The molecule has 0 unspecified atom stereocenters. The van der Waals surface area contributed by atoms with Crippen LogP contribution in [0.1, 0.15) is 5.82 Å². The van der Waals surface area contributed by atoms with Crippen molar-refractivity contribution in [3.63, 3.8) is 0 Å². The Bertz CT molecular complexity index is 931. The molecule has 0 aliphatic rings. The average molecular weight is 267 g/mol. The van der Waals surface area contributed by atoms with E-state index in [0.717, 1.165) is 0 Å². The van der Waals surface area contributed by atoms with E-state index in [1.165, 1.54) is 4.68 Å². The molecule has 0 fully saturated rings. The van der Waals surface area contributed by atoms with Gasteiger partial charge in [-0.05, 0) is 18.2 Å². The minimum atomic E-state index is -0.177. The maximum absolute atomic E-state index is 12.2. The summed E-state index contributed by atoms with van der Waals surface area (Å²) in [5.41, 5.74) is 0.395. The molecule has 0 bridgehead atoms. The molecule has 0 aliphatic carbocycles. The van der Waals surface area contributed by atoms with Gasteiger partial charge in [0, 0.05) is 18.6 Å². The zero-order valence-corrected chi connectivity index (χ0v) is 10.3. The summed E-state index contributed by atoms with van der Waals surface area (Å²) >= 11 is 0. The molecule has 0 saturated heterocycles. The van der Waals surface area contributed by atoms with Crippen molar-refractivity contribution in [2.24, 2.45) is 0 Å². The molecule has 0 atom stereocenters. The molecule has 20 heavy (non-hydrogen) atoms. The largest absolute Gasteiger partial charge is 0.301 e. The van der Waals surface area contributed by atoms with Crippen molar-refractivity contribution < 1.29 is 0 Å². The SMILES string of the molecule is O=c1c2cccn2cnn1Cc1nc2ncccn2n1. The molecule has 8 nitrogen and oxygen atoms in total. The van der Waals surface area contributed by atoms with Crippen LogP contribution in [0, 0.1) is 0 Å². The summed E-state index contributed by atoms with van der Waals surface area (Å²) in [6, 6.07) is 5.32. The monoisotopic (exact) mass is 267 g/mol. The van der Waals surface area contributed by atoms with Gasteiger partial charge in [-0.25, -0.2) is 14.2 Å². The zero-order valence-electron chi connectivity index (χ0n) is 10.3. The normalized spacial score (nSPS) is 11.4. The molecule has 0 saturated carbocycles. The van der Waals surface area contributed by atoms with Gasteiger partial charge in [0.25, 0.3) is 11.3 Å². The van der Waals surface area contributed by atoms with Crippen LogP contribution in [-0.2, 0) is 6.54 Å². The fourth-order valence-electron chi connectivity index (χ4n) is 2.07. The lowest BCUT2D eigenvalue weighted by Gasteiger charge is -2.01. The van der Waals surface area contributed by atoms with E-state index in [4.69, 9.17) is 0 Å². The van der Waals surface area contributed by atoms with E-state index in [9.17, 15) is 4.79 Å². The molecular formula is C12H9N7O. The summed E-state index contributed by atoms with van der Waals surface area (Å²) in [4.78, 5) is 20.5. The summed E-state index contributed by atoms with van der Waals surface area (Å²) in [5.74, 6) is 0.994. The summed E-state index contributed by atoms with van der Waals surface area (Å²) in [5, 5.41) is 8.35. The summed E-state index contributed by atoms with van der Waals surface area (Å²) in [6.07, 6.45) is 6.77. The molecule has 4 aromatic rings. The lowest BCUT2D eigenvalue weighted by atomic mass is 10.5. The van der Waals surface area contributed by atoms with Gasteiger partial charge in [-0.2, -0.15) is 10.1 Å². The molecule has 4 heterocycles. The molecule has 8 heteroatoms. The Morgan fingerprint density at radius 2 is 2.15 bits per heavy atom. The van der Waals surface area contributed by atoms with Crippen molar-refractivity contribution in [1.82, 2.24) is 33.8 Å². The fraction of sp³-hybridized carbons (Fsp3) is 0.0833. The Labute approximate surface area is 111 Å². The molecular weight excluding hydrogens is 258 g/mol. The van der Waals surface area contributed by atoms with Gasteiger partial charge in [0.05, 0.1) is 0 Å². The second-order valence-corrected chi connectivity index (χ2v) is 4.29. The van der Waals surface area contributed by atoms with Gasteiger partial charge < -0.3 is 4.40 Å². The number of nitrogens with zero attached hydrogens (tertiary/aromatic N) is 7. The van der Waals surface area contributed by atoms with Crippen LogP contribution in [-0.4, -0.2) is 33.8 Å². The van der Waals surface area contributed by atoms with Crippen molar-refractivity contribution in [2.75, 3.05) is 0 Å². The number of aromatic nitrogens is 7. The van der Waals surface area contributed by atoms with Crippen LogP contribution in [0.5, 0.6) is 0 Å². The quantitative estimate of drug-likeness (QED) is 0.510. The number of hydrogen-bond acceptors (Lipinski definition) is 5. The van der Waals surface area contributed by atoms with Gasteiger partial charge in [-0.15, -0.1) is 5.10 Å². The summed E-state index contributed by atoms with van der Waals surface area (Å²) in [6.45, 7) is 0.212. The van der Waals surface area contributed by atoms with Crippen LogP contribution in [0.15, 0.2) is 47.9 Å². The molecule has 0 radical (unpaired) electrons. The van der Waals surface area contributed by atoms with Crippen LogP contribution in [0.4, 0.5) is 0 Å². The smallest absolute Gasteiger partial charge is 0.291 e. The highest BCUT2D eigenvalue weighted by Crippen LogP contribution is 2.00. The van der Waals surface area contributed by atoms with Crippen LogP contribution >= 0.6 is 0 Å². The molecule has 0 N–H and O–H groups in total. The Morgan fingerprint density at radius 1 is 1.20 bits per heavy atom. The minimum Gasteiger partial charge on any atom is -0.301 e. The Hall–Kier alpha value is -3.03. The third kappa shape index (κ3) is 1.58. The molecule has 4 aromatic heterocycles. The first-order valence-electron chi connectivity index (χ1n) is 6.00. The summed E-state index contributed by atoms with van der Waals surface area (Å²) in [7, 11) is 0. The zero-order chi connectivity index (χ0) is 13.5. The highest BCUT2D eigenvalue weighted by Gasteiger charge is 2.08. The third-order valence-corrected chi connectivity index (χ3v) is 3.00. The molecule has 98 valence electrons. The molecule has 0 spiro atoms. The van der Waals surface area contributed by atoms with Gasteiger partial charge in [0.15, 0.2) is 5.82 Å². The predicted molar refractivity (Wildman–Crippen MR) is 69.3 cm³/mol. The third-order valence-electron chi connectivity index (χ3n) is 3.00. The lowest BCUT2D eigenvalue weighted by molar-refractivity contribution is 0.605. The molecule has 0 amide bonds. The van der Waals surface area contributed by atoms with E-state index >= 15 is 0 Å². The van der Waals surface area contributed by atoms with E-state index in [0.29, 0.717) is 17.1 Å². The van der Waals surface area contributed by atoms with Crippen LogP contribution in [0.2, 0.25) is 0 Å². The molecule has 4 rings (SSSR count).